The second-order valence-electron chi connectivity index (χ2n) is 1.78. The quantitative estimate of drug-likeness (QED) is 0.694. The summed E-state index contributed by atoms with van der Waals surface area (Å²) in [6, 6.07) is 0. The molecule has 0 spiro atoms. The molecular formula is C5H7ClN2OS. The van der Waals surface area contributed by atoms with Gasteiger partial charge >= 0.3 is 0 Å². The molecule has 56 valence electrons. The van der Waals surface area contributed by atoms with Crippen LogP contribution in [-0.4, -0.2) is 16.5 Å². The second kappa shape index (κ2) is 3.27. The number of hydrogen-bond donors (Lipinski definition) is 0. The van der Waals surface area contributed by atoms with E-state index < -0.39 is 0 Å². The van der Waals surface area contributed by atoms with Crippen LogP contribution in [0.5, 0.6) is 0 Å². The highest BCUT2D eigenvalue weighted by Crippen LogP contribution is 2.17. The third-order valence-corrected chi connectivity index (χ3v) is 1.95. The van der Waals surface area contributed by atoms with Gasteiger partial charge in [-0.15, -0.1) is 0 Å². The van der Waals surface area contributed by atoms with Gasteiger partial charge in [0, 0.05) is 7.11 Å². The summed E-state index contributed by atoms with van der Waals surface area (Å²) >= 11 is 6.72. The van der Waals surface area contributed by atoms with E-state index >= 15 is 0 Å². The maximum absolute atomic E-state index is 5.55. The molecule has 0 aliphatic rings. The predicted molar refractivity (Wildman–Crippen MR) is 40.3 cm³/mol. The highest BCUT2D eigenvalue weighted by atomic mass is 35.5. The minimum Gasteiger partial charge on any atom is -0.374 e. The van der Waals surface area contributed by atoms with Crippen molar-refractivity contribution in [3.63, 3.8) is 0 Å². The normalized spacial score (nSPS) is 13.5. The summed E-state index contributed by atoms with van der Waals surface area (Å²) in [6.07, 6.45) is -0.0660. The Morgan fingerprint density at radius 1 is 1.70 bits per heavy atom. The Morgan fingerprint density at radius 2 is 2.40 bits per heavy atom. The first-order chi connectivity index (χ1) is 4.74. The summed E-state index contributed by atoms with van der Waals surface area (Å²) in [5.74, 6) is 0.650. The number of methoxy groups -OCH3 is 1. The molecule has 0 saturated carbocycles. The van der Waals surface area contributed by atoms with Crippen LogP contribution in [0.4, 0.5) is 0 Å². The summed E-state index contributed by atoms with van der Waals surface area (Å²) in [7, 11) is 1.61. The van der Waals surface area contributed by atoms with Crippen molar-refractivity contribution in [1.82, 2.24) is 9.36 Å². The summed E-state index contributed by atoms with van der Waals surface area (Å²) in [5, 5.41) is 0. The van der Waals surface area contributed by atoms with Gasteiger partial charge in [-0.05, 0) is 30.1 Å². The summed E-state index contributed by atoms with van der Waals surface area (Å²) in [5.41, 5.74) is 0. The third kappa shape index (κ3) is 1.65. The molecular weight excluding hydrogens is 172 g/mol. The first-order valence-electron chi connectivity index (χ1n) is 2.76. The number of hydrogen-bond acceptors (Lipinski definition) is 4. The van der Waals surface area contributed by atoms with Gasteiger partial charge in [-0.1, -0.05) is 0 Å². The van der Waals surface area contributed by atoms with Gasteiger partial charge in [0.1, 0.15) is 6.10 Å². The molecule has 1 heterocycles. The lowest BCUT2D eigenvalue weighted by Gasteiger charge is -2.01. The van der Waals surface area contributed by atoms with Crippen LogP contribution in [0.3, 0.4) is 0 Å². The monoisotopic (exact) mass is 178 g/mol. The predicted octanol–water partition coefficient (Wildman–Crippen LogP) is 1.90. The maximum atomic E-state index is 5.55. The molecule has 0 fully saturated rings. The fraction of sp³-hybridized carbons (Fsp3) is 0.600. The van der Waals surface area contributed by atoms with Gasteiger partial charge in [-0.2, -0.15) is 4.37 Å². The number of nitrogens with zero attached hydrogens (tertiary/aromatic N) is 2. The maximum Gasteiger partial charge on any atom is 0.203 e. The van der Waals surface area contributed by atoms with Crippen LogP contribution in [0.2, 0.25) is 4.47 Å². The zero-order chi connectivity index (χ0) is 7.56. The Bertz CT molecular complexity index is 215. The fourth-order valence-corrected chi connectivity index (χ4v) is 1.17. The summed E-state index contributed by atoms with van der Waals surface area (Å²) in [6.45, 7) is 1.87. The highest BCUT2D eigenvalue weighted by Gasteiger charge is 2.08. The molecule has 5 heteroatoms. The Hall–Kier alpha value is -0.190. The molecule has 1 rings (SSSR count). The second-order valence-corrected chi connectivity index (χ2v) is 3.12. The molecule has 0 aliphatic heterocycles. The standard InChI is InChI=1S/C5H7ClN2OS/c1-3(9-2)4-7-5(6)10-8-4/h3H,1-2H3/t3-/m0/s1. The van der Waals surface area contributed by atoms with E-state index in [1.165, 1.54) is 11.5 Å². The van der Waals surface area contributed by atoms with Crippen LogP contribution in [-0.2, 0) is 4.74 Å². The summed E-state index contributed by atoms with van der Waals surface area (Å²) in [4.78, 5) is 3.93. The van der Waals surface area contributed by atoms with Crippen LogP contribution >= 0.6 is 23.1 Å². The van der Waals surface area contributed by atoms with Gasteiger partial charge < -0.3 is 4.74 Å². The minimum absolute atomic E-state index is 0.0660. The van der Waals surface area contributed by atoms with Crippen molar-refractivity contribution in [2.45, 2.75) is 13.0 Å². The van der Waals surface area contributed by atoms with Crippen molar-refractivity contribution in [3.8, 4) is 0 Å². The van der Waals surface area contributed by atoms with Crippen LogP contribution in [0, 0.1) is 0 Å². The zero-order valence-corrected chi connectivity index (χ0v) is 7.24. The fourth-order valence-electron chi connectivity index (χ4n) is 0.486. The van der Waals surface area contributed by atoms with Gasteiger partial charge in [0.15, 0.2) is 5.82 Å². The molecule has 1 aromatic heterocycles. The number of halogens is 1. The smallest absolute Gasteiger partial charge is 0.203 e. The lowest BCUT2D eigenvalue weighted by molar-refractivity contribution is 0.113. The number of aromatic nitrogens is 2. The van der Waals surface area contributed by atoms with Crippen LogP contribution in [0.25, 0.3) is 0 Å². The Balaban J connectivity index is 2.74. The van der Waals surface area contributed by atoms with E-state index in [1.807, 2.05) is 6.92 Å². The van der Waals surface area contributed by atoms with Crippen molar-refractivity contribution >= 4 is 23.1 Å². The van der Waals surface area contributed by atoms with Gasteiger partial charge in [-0.3, -0.25) is 0 Å². The van der Waals surface area contributed by atoms with Gasteiger partial charge in [-0.25, -0.2) is 4.98 Å². The molecule has 0 N–H and O–H groups in total. The topological polar surface area (TPSA) is 35.0 Å². The average molecular weight is 179 g/mol. The van der Waals surface area contributed by atoms with E-state index in [4.69, 9.17) is 16.3 Å². The largest absolute Gasteiger partial charge is 0.374 e. The minimum atomic E-state index is -0.0660. The molecule has 0 radical (unpaired) electrons. The molecule has 0 aliphatic carbocycles. The first-order valence-corrected chi connectivity index (χ1v) is 3.91. The Kier molecular flexibility index (Phi) is 2.59. The Labute approximate surface area is 68.2 Å². The number of rotatable bonds is 2. The van der Waals surface area contributed by atoms with Gasteiger partial charge in [0.2, 0.25) is 4.47 Å². The molecule has 1 aromatic rings. The van der Waals surface area contributed by atoms with Gasteiger partial charge in [0.05, 0.1) is 0 Å². The molecule has 0 saturated heterocycles. The molecule has 0 aromatic carbocycles. The van der Waals surface area contributed by atoms with Crippen molar-refractivity contribution in [1.29, 1.82) is 0 Å². The molecule has 1 atom stereocenters. The van der Waals surface area contributed by atoms with E-state index in [1.54, 1.807) is 7.11 Å². The van der Waals surface area contributed by atoms with Crippen LogP contribution in [0.15, 0.2) is 0 Å². The zero-order valence-electron chi connectivity index (χ0n) is 5.67. The van der Waals surface area contributed by atoms with Crippen molar-refractivity contribution < 1.29 is 4.74 Å². The summed E-state index contributed by atoms with van der Waals surface area (Å²) < 4.78 is 9.39. The first kappa shape index (κ1) is 7.91. The van der Waals surface area contributed by atoms with Crippen LogP contribution < -0.4 is 0 Å². The van der Waals surface area contributed by atoms with E-state index in [0.29, 0.717) is 10.3 Å². The third-order valence-electron chi connectivity index (χ3n) is 1.13. The molecule has 10 heavy (non-hydrogen) atoms. The van der Waals surface area contributed by atoms with E-state index in [9.17, 15) is 0 Å². The van der Waals surface area contributed by atoms with E-state index in [-0.39, 0.29) is 6.10 Å². The lowest BCUT2D eigenvalue weighted by Crippen LogP contribution is -1.97. The molecule has 0 bridgehead atoms. The van der Waals surface area contributed by atoms with Crippen LogP contribution in [0.1, 0.15) is 18.9 Å². The van der Waals surface area contributed by atoms with E-state index in [2.05, 4.69) is 9.36 Å². The Morgan fingerprint density at radius 3 is 2.80 bits per heavy atom. The van der Waals surface area contributed by atoms with Crippen molar-refractivity contribution in [3.05, 3.63) is 10.3 Å². The SMILES string of the molecule is CO[C@@H](C)c1nsc(Cl)n1. The van der Waals surface area contributed by atoms with Gasteiger partial charge in [0.25, 0.3) is 0 Å². The average Bonchev–Trinajstić information content (AvgIpc) is 2.34. The molecule has 0 unspecified atom stereocenters. The lowest BCUT2D eigenvalue weighted by atomic mass is 10.4. The molecule has 3 nitrogen and oxygen atoms in total. The van der Waals surface area contributed by atoms with E-state index in [0.717, 1.165) is 0 Å². The molecule has 0 amide bonds. The van der Waals surface area contributed by atoms with Crippen molar-refractivity contribution in [2.24, 2.45) is 0 Å². The number of ether oxygens (including phenoxy) is 1. The van der Waals surface area contributed by atoms with Crippen molar-refractivity contribution in [2.75, 3.05) is 7.11 Å². The highest BCUT2D eigenvalue weighted by molar-refractivity contribution is 7.10.